The number of hydrogen-bond donors (Lipinski definition) is 1. The van der Waals surface area contributed by atoms with Crippen LogP contribution in [0.2, 0.25) is 0 Å². The molecule has 120 valence electrons. The zero-order valence-electron chi connectivity index (χ0n) is 12.7. The number of carbonyl (C=O) groups is 1. The van der Waals surface area contributed by atoms with Crippen molar-refractivity contribution >= 4 is 27.5 Å². The lowest BCUT2D eigenvalue weighted by molar-refractivity contribution is 0.0698. The number of amides is 1. The van der Waals surface area contributed by atoms with Crippen LogP contribution in [0.1, 0.15) is 46.8 Å². The molecule has 3 heterocycles. The van der Waals surface area contributed by atoms with Crippen LogP contribution in [-0.2, 0) is 4.74 Å². The fourth-order valence-electron chi connectivity index (χ4n) is 2.93. The molecule has 1 aliphatic rings. The Morgan fingerprint density at radius 3 is 2.68 bits per heavy atom. The molecular formula is C17H24N2O2S. The number of fused-ring (bicyclic) bond motifs is 1. The highest BCUT2D eigenvalue weighted by atomic mass is 32.1. The van der Waals surface area contributed by atoms with Gasteiger partial charge in [0.1, 0.15) is 4.83 Å². The first kappa shape index (κ1) is 16.9. The number of aryl methyl sites for hydroxylation is 3. The Morgan fingerprint density at radius 2 is 2.00 bits per heavy atom. The van der Waals surface area contributed by atoms with Crippen LogP contribution in [-0.4, -0.2) is 30.1 Å². The van der Waals surface area contributed by atoms with E-state index in [0.717, 1.165) is 52.4 Å². The van der Waals surface area contributed by atoms with E-state index < -0.39 is 0 Å². The van der Waals surface area contributed by atoms with Crippen molar-refractivity contribution < 1.29 is 9.53 Å². The van der Waals surface area contributed by atoms with Crippen LogP contribution in [0, 0.1) is 20.8 Å². The summed E-state index contributed by atoms with van der Waals surface area (Å²) in [5.41, 5.74) is 3.23. The Hall–Kier alpha value is -1.46. The summed E-state index contributed by atoms with van der Waals surface area (Å²) in [6, 6.07) is 2.30. The molecule has 22 heavy (non-hydrogen) atoms. The summed E-state index contributed by atoms with van der Waals surface area (Å²) in [5, 5.41) is 4.26. The molecule has 1 saturated heterocycles. The molecule has 0 aliphatic carbocycles. The average Bonchev–Trinajstić information content (AvgIpc) is 2.77. The van der Waals surface area contributed by atoms with Crippen molar-refractivity contribution in [1.82, 2.24) is 10.3 Å². The molecule has 5 heteroatoms. The Kier molecular flexibility index (Phi) is 5.19. The van der Waals surface area contributed by atoms with Gasteiger partial charge in [-0.2, -0.15) is 0 Å². The third kappa shape index (κ3) is 3.15. The predicted molar refractivity (Wildman–Crippen MR) is 91.9 cm³/mol. The zero-order valence-corrected chi connectivity index (χ0v) is 13.5. The van der Waals surface area contributed by atoms with Gasteiger partial charge in [0.15, 0.2) is 0 Å². The summed E-state index contributed by atoms with van der Waals surface area (Å²) in [6.45, 7) is 7.55. The molecule has 1 fully saturated rings. The average molecular weight is 320 g/mol. The predicted octanol–water partition coefficient (Wildman–Crippen LogP) is 3.77. The molecule has 4 nitrogen and oxygen atoms in total. The third-order valence-electron chi connectivity index (χ3n) is 3.99. The molecule has 0 aromatic carbocycles. The second-order valence-corrected chi connectivity index (χ2v) is 6.68. The van der Waals surface area contributed by atoms with Gasteiger partial charge >= 0.3 is 0 Å². The van der Waals surface area contributed by atoms with Crippen molar-refractivity contribution in [2.75, 3.05) is 13.2 Å². The molecule has 3 rings (SSSR count). The van der Waals surface area contributed by atoms with Crippen molar-refractivity contribution in [2.45, 2.75) is 47.1 Å². The van der Waals surface area contributed by atoms with Crippen molar-refractivity contribution in [3.63, 3.8) is 0 Å². The normalized spacial score (nSPS) is 15.6. The van der Waals surface area contributed by atoms with E-state index in [1.54, 1.807) is 0 Å². The minimum Gasteiger partial charge on any atom is -0.381 e. The molecule has 0 spiro atoms. The van der Waals surface area contributed by atoms with Crippen LogP contribution in [0.4, 0.5) is 0 Å². The molecule has 0 unspecified atom stereocenters. The number of rotatable bonds is 2. The van der Waals surface area contributed by atoms with Crippen molar-refractivity contribution in [2.24, 2.45) is 0 Å². The zero-order chi connectivity index (χ0) is 15.0. The first-order valence-corrected chi connectivity index (χ1v) is 8.14. The quantitative estimate of drug-likeness (QED) is 0.916. The summed E-state index contributed by atoms with van der Waals surface area (Å²) < 4.78 is 5.33. The molecule has 1 aliphatic heterocycles. The van der Waals surface area contributed by atoms with Crippen LogP contribution in [0.25, 0.3) is 10.2 Å². The summed E-state index contributed by atoms with van der Waals surface area (Å²) >= 11 is 1.49. The van der Waals surface area contributed by atoms with Gasteiger partial charge in [-0.15, -0.1) is 11.3 Å². The molecule has 1 N–H and O–H groups in total. The van der Waals surface area contributed by atoms with Gasteiger partial charge < -0.3 is 10.1 Å². The van der Waals surface area contributed by atoms with Gasteiger partial charge in [0.25, 0.3) is 5.91 Å². The number of ether oxygens (including phenoxy) is 1. The number of hydrogen-bond acceptors (Lipinski definition) is 4. The number of nitrogens with one attached hydrogen (secondary N) is 1. The fraction of sp³-hybridized carbons (Fsp3) is 0.529. The first-order chi connectivity index (χ1) is 10.1. The molecule has 0 atom stereocenters. The van der Waals surface area contributed by atoms with Crippen molar-refractivity contribution in [3.05, 3.63) is 27.8 Å². The van der Waals surface area contributed by atoms with E-state index in [1.165, 1.54) is 16.9 Å². The van der Waals surface area contributed by atoms with E-state index in [1.807, 2.05) is 13.8 Å². The Labute approximate surface area is 135 Å². The van der Waals surface area contributed by atoms with Gasteiger partial charge in [-0.3, -0.25) is 4.79 Å². The SMILES string of the molecule is C.Cc1cc(C)c2c(C)c(C(=O)NC3CCOCC3)sc2n1. The van der Waals surface area contributed by atoms with Crippen LogP contribution in [0.3, 0.4) is 0 Å². The summed E-state index contributed by atoms with van der Waals surface area (Å²) in [4.78, 5) is 18.8. The number of carbonyl (C=O) groups excluding carboxylic acids is 1. The van der Waals surface area contributed by atoms with Gasteiger partial charge in [0.2, 0.25) is 0 Å². The molecule has 1 amide bonds. The fourth-order valence-corrected chi connectivity index (χ4v) is 4.13. The third-order valence-corrected chi connectivity index (χ3v) is 5.17. The lowest BCUT2D eigenvalue weighted by Crippen LogP contribution is -2.38. The Bertz CT molecular complexity index is 688. The van der Waals surface area contributed by atoms with Gasteiger partial charge in [-0.05, 0) is 50.8 Å². The highest BCUT2D eigenvalue weighted by Gasteiger charge is 2.21. The van der Waals surface area contributed by atoms with E-state index in [-0.39, 0.29) is 19.4 Å². The largest absolute Gasteiger partial charge is 0.381 e. The van der Waals surface area contributed by atoms with E-state index in [0.29, 0.717) is 0 Å². The van der Waals surface area contributed by atoms with Gasteiger partial charge in [0.05, 0.1) is 4.88 Å². The first-order valence-electron chi connectivity index (χ1n) is 7.32. The van der Waals surface area contributed by atoms with E-state index in [4.69, 9.17) is 4.74 Å². The van der Waals surface area contributed by atoms with Gasteiger partial charge in [-0.25, -0.2) is 4.98 Å². The topological polar surface area (TPSA) is 51.2 Å². The number of nitrogens with zero attached hydrogens (tertiary/aromatic N) is 1. The van der Waals surface area contributed by atoms with E-state index in [9.17, 15) is 4.79 Å². The molecule has 2 aromatic heterocycles. The minimum atomic E-state index is 0. The maximum Gasteiger partial charge on any atom is 0.261 e. The lowest BCUT2D eigenvalue weighted by atomic mass is 10.1. The van der Waals surface area contributed by atoms with Gasteiger partial charge in [-0.1, -0.05) is 7.43 Å². The lowest BCUT2D eigenvalue weighted by Gasteiger charge is -2.22. The van der Waals surface area contributed by atoms with E-state index in [2.05, 4.69) is 23.3 Å². The number of aromatic nitrogens is 1. The smallest absolute Gasteiger partial charge is 0.261 e. The Morgan fingerprint density at radius 1 is 1.32 bits per heavy atom. The minimum absolute atomic E-state index is 0. The number of thiophene rings is 1. The maximum absolute atomic E-state index is 12.5. The van der Waals surface area contributed by atoms with Gasteiger partial charge in [0, 0.05) is 30.3 Å². The Balaban J connectivity index is 0.00000176. The summed E-state index contributed by atoms with van der Waals surface area (Å²) in [6.07, 6.45) is 1.79. The molecule has 0 saturated carbocycles. The maximum atomic E-state index is 12.5. The molecular weight excluding hydrogens is 296 g/mol. The second-order valence-electron chi connectivity index (χ2n) is 5.68. The molecule has 2 aromatic rings. The second kappa shape index (κ2) is 6.75. The standard InChI is InChI=1S/C16H20N2O2S.CH4/c1-9-8-10(2)17-16-13(9)11(3)14(21-16)15(19)18-12-4-6-20-7-5-12;/h8,12H,4-7H2,1-3H3,(H,18,19);1H4. The highest BCUT2D eigenvalue weighted by molar-refractivity contribution is 7.20. The number of pyridine rings is 1. The molecule has 0 radical (unpaired) electrons. The molecule has 0 bridgehead atoms. The van der Waals surface area contributed by atoms with Crippen molar-refractivity contribution in [3.8, 4) is 0 Å². The van der Waals surface area contributed by atoms with Crippen molar-refractivity contribution in [1.29, 1.82) is 0 Å². The highest BCUT2D eigenvalue weighted by Crippen LogP contribution is 2.32. The monoisotopic (exact) mass is 320 g/mol. The van der Waals surface area contributed by atoms with Crippen LogP contribution >= 0.6 is 11.3 Å². The van der Waals surface area contributed by atoms with Crippen LogP contribution in [0.15, 0.2) is 6.07 Å². The van der Waals surface area contributed by atoms with Crippen LogP contribution in [0.5, 0.6) is 0 Å². The summed E-state index contributed by atoms with van der Waals surface area (Å²) in [5.74, 6) is 0.0273. The summed E-state index contributed by atoms with van der Waals surface area (Å²) in [7, 11) is 0. The van der Waals surface area contributed by atoms with Crippen LogP contribution < -0.4 is 5.32 Å². The van der Waals surface area contributed by atoms with E-state index >= 15 is 0 Å².